The highest BCUT2D eigenvalue weighted by atomic mass is 19.1. The number of amides is 2. The third kappa shape index (κ3) is 5.83. The van der Waals surface area contributed by atoms with Gasteiger partial charge in [0, 0.05) is 55.6 Å². The summed E-state index contributed by atoms with van der Waals surface area (Å²) in [6.07, 6.45) is 5.93. The summed E-state index contributed by atoms with van der Waals surface area (Å²) in [6.45, 7) is 3.19. The van der Waals surface area contributed by atoms with Gasteiger partial charge in [-0.25, -0.2) is 4.39 Å². The molecule has 0 radical (unpaired) electrons. The highest BCUT2D eigenvalue weighted by Crippen LogP contribution is 2.21. The molecular weight excluding hydrogens is 421 g/mol. The maximum absolute atomic E-state index is 13.3. The monoisotopic (exact) mass is 449 g/mol. The molecule has 0 saturated carbocycles. The molecule has 2 aromatic heterocycles. The van der Waals surface area contributed by atoms with Crippen molar-refractivity contribution in [3.8, 4) is 11.3 Å². The number of carbonyl (C=O) groups excluding carboxylic acids is 2. The van der Waals surface area contributed by atoms with E-state index in [1.54, 1.807) is 29.2 Å². The van der Waals surface area contributed by atoms with Crippen molar-refractivity contribution in [1.29, 1.82) is 0 Å². The average molecular weight is 450 g/mol. The zero-order valence-electron chi connectivity index (χ0n) is 18.7. The van der Waals surface area contributed by atoms with Crippen molar-refractivity contribution >= 4 is 11.8 Å². The molecule has 0 atom stereocenters. The number of carbonyl (C=O) groups is 2. The van der Waals surface area contributed by atoms with Crippen LogP contribution in [0.4, 0.5) is 4.39 Å². The minimum Gasteiger partial charge on any atom is -0.353 e. The number of hydrogen-bond donors (Lipinski definition) is 1. The number of aromatic nitrogens is 3. The molecule has 172 valence electrons. The molecule has 1 aromatic carbocycles. The molecule has 0 unspecified atom stereocenters. The van der Waals surface area contributed by atoms with Crippen LogP contribution in [0, 0.1) is 5.82 Å². The number of halogens is 1. The number of piperidine rings is 1. The lowest BCUT2D eigenvalue weighted by Gasteiger charge is -2.32. The fourth-order valence-electron chi connectivity index (χ4n) is 4.04. The van der Waals surface area contributed by atoms with E-state index >= 15 is 0 Å². The number of hydrogen-bond acceptors (Lipinski definition) is 4. The molecule has 1 aliphatic heterocycles. The topological polar surface area (TPSA) is 80.1 Å². The summed E-state index contributed by atoms with van der Waals surface area (Å²) >= 11 is 0. The van der Waals surface area contributed by atoms with E-state index < -0.39 is 0 Å². The van der Waals surface area contributed by atoms with Crippen LogP contribution in [0.5, 0.6) is 0 Å². The molecule has 0 aliphatic carbocycles. The third-order valence-corrected chi connectivity index (χ3v) is 5.96. The molecule has 7 nitrogen and oxygen atoms in total. The Morgan fingerprint density at radius 2 is 1.79 bits per heavy atom. The SMILES string of the molecule is CCC(=O)NC1CCN(C(=O)Cn2nc(-c3ccncc3)cc2Cc2ccc(F)cc2)CC1. The fraction of sp³-hybridized carbons (Fsp3) is 0.360. The van der Waals surface area contributed by atoms with Gasteiger partial charge in [-0.3, -0.25) is 19.3 Å². The Hall–Kier alpha value is -3.55. The Balaban J connectivity index is 1.48. The summed E-state index contributed by atoms with van der Waals surface area (Å²) in [5.41, 5.74) is 3.51. The van der Waals surface area contributed by atoms with Crippen LogP contribution in [0.25, 0.3) is 11.3 Å². The van der Waals surface area contributed by atoms with Gasteiger partial charge in [-0.05, 0) is 48.7 Å². The number of rotatable bonds is 7. The molecule has 3 heterocycles. The Morgan fingerprint density at radius 3 is 2.45 bits per heavy atom. The highest BCUT2D eigenvalue weighted by molar-refractivity contribution is 5.77. The van der Waals surface area contributed by atoms with Gasteiger partial charge in [0.05, 0.1) is 5.69 Å². The maximum atomic E-state index is 13.3. The predicted molar refractivity (Wildman–Crippen MR) is 123 cm³/mol. The number of nitrogens with one attached hydrogen (secondary N) is 1. The molecule has 0 spiro atoms. The molecule has 4 rings (SSSR count). The second-order valence-corrected chi connectivity index (χ2v) is 8.29. The summed E-state index contributed by atoms with van der Waals surface area (Å²) in [5.74, 6) is -0.233. The van der Waals surface area contributed by atoms with Crippen molar-refractivity contribution in [1.82, 2.24) is 25.0 Å². The average Bonchev–Trinajstić information content (AvgIpc) is 3.23. The molecule has 0 bridgehead atoms. The Bertz CT molecular complexity index is 1090. The van der Waals surface area contributed by atoms with Crippen LogP contribution >= 0.6 is 0 Å². The minimum atomic E-state index is -0.279. The van der Waals surface area contributed by atoms with E-state index in [9.17, 15) is 14.0 Å². The Morgan fingerprint density at radius 1 is 1.09 bits per heavy atom. The van der Waals surface area contributed by atoms with Crippen molar-refractivity contribution in [3.05, 3.63) is 71.9 Å². The summed E-state index contributed by atoms with van der Waals surface area (Å²) < 4.78 is 15.1. The van der Waals surface area contributed by atoms with E-state index in [1.807, 2.05) is 30.0 Å². The molecule has 1 saturated heterocycles. The van der Waals surface area contributed by atoms with Crippen LogP contribution in [0.1, 0.15) is 37.4 Å². The molecule has 1 aliphatic rings. The first kappa shape index (κ1) is 22.6. The first-order chi connectivity index (χ1) is 16.0. The largest absolute Gasteiger partial charge is 0.353 e. The van der Waals surface area contributed by atoms with Crippen molar-refractivity contribution in [2.45, 2.75) is 45.2 Å². The second kappa shape index (κ2) is 10.4. The first-order valence-electron chi connectivity index (χ1n) is 11.3. The fourth-order valence-corrected chi connectivity index (χ4v) is 4.04. The van der Waals surface area contributed by atoms with Crippen molar-refractivity contribution < 1.29 is 14.0 Å². The molecule has 1 N–H and O–H groups in total. The third-order valence-electron chi connectivity index (χ3n) is 5.96. The summed E-state index contributed by atoms with van der Waals surface area (Å²) in [7, 11) is 0. The summed E-state index contributed by atoms with van der Waals surface area (Å²) in [4.78, 5) is 30.6. The van der Waals surface area contributed by atoms with Gasteiger partial charge in [0.15, 0.2) is 0 Å². The van der Waals surface area contributed by atoms with Crippen molar-refractivity contribution in [2.75, 3.05) is 13.1 Å². The zero-order chi connectivity index (χ0) is 23.2. The van der Waals surface area contributed by atoms with Crippen LogP contribution < -0.4 is 5.32 Å². The lowest BCUT2D eigenvalue weighted by atomic mass is 10.0. The minimum absolute atomic E-state index is 0.00000234. The van der Waals surface area contributed by atoms with E-state index in [0.717, 1.165) is 35.4 Å². The molecule has 8 heteroatoms. The van der Waals surface area contributed by atoms with Gasteiger partial charge >= 0.3 is 0 Å². The van der Waals surface area contributed by atoms with E-state index in [1.165, 1.54) is 12.1 Å². The number of pyridine rings is 1. The van der Waals surface area contributed by atoms with Crippen LogP contribution in [-0.4, -0.2) is 50.6 Å². The standard InChI is InChI=1S/C25H28FN5O2/c1-2-24(32)28-21-9-13-30(14-10-21)25(33)17-31-22(15-18-3-5-20(26)6-4-18)16-23(29-31)19-7-11-27-12-8-19/h3-8,11-12,16,21H,2,9-10,13-15,17H2,1H3,(H,28,32). The van der Waals surface area contributed by atoms with Gasteiger partial charge < -0.3 is 10.2 Å². The molecule has 1 fully saturated rings. The maximum Gasteiger partial charge on any atom is 0.244 e. The van der Waals surface area contributed by atoms with E-state index in [2.05, 4.69) is 10.3 Å². The van der Waals surface area contributed by atoms with E-state index in [-0.39, 0.29) is 30.2 Å². The van der Waals surface area contributed by atoms with Crippen LogP contribution in [0.15, 0.2) is 54.9 Å². The lowest BCUT2D eigenvalue weighted by Crippen LogP contribution is -2.47. The normalized spacial score (nSPS) is 14.3. The van der Waals surface area contributed by atoms with Crippen molar-refractivity contribution in [2.24, 2.45) is 0 Å². The zero-order valence-corrected chi connectivity index (χ0v) is 18.7. The first-order valence-corrected chi connectivity index (χ1v) is 11.3. The van der Waals surface area contributed by atoms with Gasteiger partial charge in [0.1, 0.15) is 12.4 Å². The number of likely N-dealkylation sites (tertiary alicyclic amines) is 1. The van der Waals surface area contributed by atoms with E-state index in [0.29, 0.717) is 25.9 Å². The van der Waals surface area contributed by atoms with Crippen LogP contribution in [-0.2, 0) is 22.6 Å². The highest BCUT2D eigenvalue weighted by Gasteiger charge is 2.24. The summed E-state index contributed by atoms with van der Waals surface area (Å²) in [5, 5.41) is 7.72. The Labute approximate surface area is 192 Å². The molecular formula is C25H28FN5O2. The predicted octanol–water partition coefficient (Wildman–Crippen LogP) is 3.19. The van der Waals surface area contributed by atoms with Gasteiger partial charge in [0.25, 0.3) is 0 Å². The number of benzene rings is 1. The molecule has 3 aromatic rings. The Kier molecular flexibility index (Phi) is 7.12. The van der Waals surface area contributed by atoms with Crippen LogP contribution in [0.3, 0.4) is 0 Å². The van der Waals surface area contributed by atoms with Gasteiger partial charge in [0.2, 0.25) is 11.8 Å². The second-order valence-electron chi connectivity index (χ2n) is 8.29. The number of nitrogens with zero attached hydrogens (tertiary/aromatic N) is 4. The van der Waals surface area contributed by atoms with Gasteiger partial charge in [-0.1, -0.05) is 19.1 Å². The van der Waals surface area contributed by atoms with Gasteiger partial charge in [-0.2, -0.15) is 5.10 Å². The quantitative estimate of drug-likeness (QED) is 0.601. The van der Waals surface area contributed by atoms with Crippen molar-refractivity contribution in [3.63, 3.8) is 0 Å². The lowest BCUT2D eigenvalue weighted by molar-refractivity contribution is -0.133. The molecule has 2 amide bonds. The smallest absolute Gasteiger partial charge is 0.244 e. The van der Waals surface area contributed by atoms with Gasteiger partial charge in [-0.15, -0.1) is 0 Å². The van der Waals surface area contributed by atoms with E-state index in [4.69, 9.17) is 5.10 Å². The summed E-state index contributed by atoms with van der Waals surface area (Å²) in [6, 6.07) is 12.2. The molecule has 33 heavy (non-hydrogen) atoms. The van der Waals surface area contributed by atoms with Crippen LogP contribution in [0.2, 0.25) is 0 Å².